The monoisotopic (exact) mass is 478 g/mol. The molecule has 174 valence electrons. The van der Waals surface area contributed by atoms with Crippen LogP contribution in [0.5, 0.6) is 5.75 Å². The number of carboxylic acid groups (broad SMARTS) is 1. The minimum Gasteiger partial charge on any atom is -0.496 e. The molecule has 9 heteroatoms. The first kappa shape index (κ1) is 23.2. The van der Waals surface area contributed by atoms with E-state index >= 15 is 0 Å². The normalized spacial score (nSPS) is 15.5. The Balaban J connectivity index is 1.94. The lowest BCUT2D eigenvalue weighted by Crippen LogP contribution is -2.40. The summed E-state index contributed by atoms with van der Waals surface area (Å²) in [5.74, 6) is -1.04. The highest BCUT2D eigenvalue weighted by atomic mass is 32.1. The van der Waals surface area contributed by atoms with E-state index in [0.717, 1.165) is 0 Å². The van der Waals surface area contributed by atoms with Crippen molar-refractivity contribution in [2.75, 3.05) is 13.7 Å². The van der Waals surface area contributed by atoms with Gasteiger partial charge in [-0.25, -0.2) is 14.6 Å². The number of ether oxygens (including phenoxy) is 2. The first-order chi connectivity index (χ1) is 16.3. The zero-order chi connectivity index (χ0) is 24.4. The van der Waals surface area contributed by atoms with Crippen LogP contribution in [0.1, 0.15) is 41.4 Å². The number of hydrogen-bond donors (Lipinski definition) is 1. The molecular weight excluding hydrogens is 456 g/mol. The number of carboxylic acids is 1. The van der Waals surface area contributed by atoms with Crippen molar-refractivity contribution in [2.24, 2.45) is 4.99 Å². The molecule has 0 saturated heterocycles. The summed E-state index contributed by atoms with van der Waals surface area (Å²) in [6, 6.07) is 12.7. The summed E-state index contributed by atoms with van der Waals surface area (Å²) >= 11 is 1.19. The number of aromatic nitrogens is 1. The Labute approximate surface area is 198 Å². The van der Waals surface area contributed by atoms with E-state index in [2.05, 4.69) is 4.99 Å². The molecule has 0 saturated carbocycles. The highest BCUT2D eigenvalue weighted by Gasteiger charge is 2.34. The van der Waals surface area contributed by atoms with Crippen molar-refractivity contribution in [3.05, 3.63) is 96.2 Å². The maximum absolute atomic E-state index is 13.6. The molecule has 3 aromatic rings. The van der Waals surface area contributed by atoms with E-state index in [1.165, 1.54) is 35.1 Å². The number of rotatable bonds is 6. The van der Waals surface area contributed by atoms with Gasteiger partial charge in [0.2, 0.25) is 0 Å². The summed E-state index contributed by atoms with van der Waals surface area (Å²) in [6.45, 7) is 3.62. The number of para-hydroxylation sites is 1. The van der Waals surface area contributed by atoms with Gasteiger partial charge in [0.1, 0.15) is 11.8 Å². The summed E-state index contributed by atoms with van der Waals surface area (Å²) in [4.78, 5) is 42.6. The molecule has 1 aromatic heterocycles. The first-order valence-corrected chi connectivity index (χ1v) is 11.3. The van der Waals surface area contributed by atoms with Gasteiger partial charge in [-0.05, 0) is 43.7 Å². The van der Waals surface area contributed by atoms with Crippen molar-refractivity contribution in [1.29, 1.82) is 0 Å². The Hall–Kier alpha value is -3.98. The van der Waals surface area contributed by atoms with Crippen LogP contribution in [0, 0.1) is 0 Å². The van der Waals surface area contributed by atoms with E-state index in [9.17, 15) is 14.4 Å². The molecule has 2 heterocycles. The maximum Gasteiger partial charge on any atom is 0.338 e. The zero-order valence-corrected chi connectivity index (χ0v) is 19.6. The predicted molar refractivity (Wildman–Crippen MR) is 127 cm³/mol. The Morgan fingerprint density at radius 1 is 1.18 bits per heavy atom. The standard InChI is InChI=1S/C25H22N2O6S/c1-4-33-24(31)20-14(2)26-25-27(21(20)17-7-5-6-8-18(17)32-3)22(28)19(34-25)13-15-9-11-16(12-10-15)23(29)30/h5-13,21H,4H2,1-3H3,(H,29,30). The van der Waals surface area contributed by atoms with Gasteiger partial charge < -0.3 is 14.6 Å². The first-order valence-electron chi connectivity index (χ1n) is 10.5. The van der Waals surface area contributed by atoms with Gasteiger partial charge in [0.25, 0.3) is 5.56 Å². The fourth-order valence-electron chi connectivity index (χ4n) is 3.85. The van der Waals surface area contributed by atoms with E-state index in [0.29, 0.717) is 31.9 Å². The van der Waals surface area contributed by atoms with Gasteiger partial charge in [-0.1, -0.05) is 41.7 Å². The molecule has 0 bridgehead atoms. The lowest BCUT2D eigenvalue weighted by atomic mass is 9.95. The van der Waals surface area contributed by atoms with Gasteiger partial charge in [0.15, 0.2) is 4.80 Å². The van der Waals surface area contributed by atoms with Crippen molar-refractivity contribution < 1.29 is 24.2 Å². The number of benzene rings is 2. The van der Waals surface area contributed by atoms with Crippen molar-refractivity contribution in [3.8, 4) is 5.75 Å². The number of hydrogen-bond acceptors (Lipinski definition) is 7. The largest absolute Gasteiger partial charge is 0.496 e. The van der Waals surface area contributed by atoms with E-state index in [1.807, 2.05) is 18.2 Å². The number of carbonyl (C=O) groups is 2. The minimum absolute atomic E-state index is 0.157. The summed E-state index contributed by atoms with van der Waals surface area (Å²) < 4.78 is 12.7. The molecule has 1 aliphatic heterocycles. The summed E-state index contributed by atoms with van der Waals surface area (Å²) in [5, 5.41) is 9.11. The van der Waals surface area contributed by atoms with Crippen molar-refractivity contribution in [1.82, 2.24) is 4.57 Å². The molecule has 0 spiro atoms. The maximum atomic E-state index is 13.6. The molecule has 1 atom stereocenters. The number of fused-ring (bicyclic) bond motifs is 1. The fourth-order valence-corrected chi connectivity index (χ4v) is 4.90. The molecule has 0 aliphatic carbocycles. The molecule has 1 aliphatic rings. The molecular formula is C25H22N2O6S. The van der Waals surface area contributed by atoms with Crippen LogP contribution in [-0.4, -0.2) is 35.3 Å². The number of methoxy groups -OCH3 is 1. The van der Waals surface area contributed by atoms with Crippen LogP contribution in [0.15, 0.2) is 69.6 Å². The van der Waals surface area contributed by atoms with E-state index in [4.69, 9.17) is 14.6 Å². The smallest absolute Gasteiger partial charge is 0.338 e. The Morgan fingerprint density at radius 3 is 2.53 bits per heavy atom. The summed E-state index contributed by atoms with van der Waals surface area (Å²) in [6.07, 6.45) is 1.68. The van der Waals surface area contributed by atoms with Crippen LogP contribution in [0.25, 0.3) is 6.08 Å². The quantitative estimate of drug-likeness (QED) is 0.546. The average Bonchev–Trinajstić information content (AvgIpc) is 3.13. The van der Waals surface area contributed by atoms with Gasteiger partial charge in [-0.3, -0.25) is 9.36 Å². The molecule has 34 heavy (non-hydrogen) atoms. The number of thiazole rings is 1. The van der Waals surface area contributed by atoms with Crippen molar-refractivity contribution in [2.45, 2.75) is 19.9 Å². The molecule has 4 rings (SSSR count). The number of aromatic carboxylic acids is 1. The molecule has 1 unspecified atom stereocenters. The van der Waals surface area contributed by atoms with Crippen LogP contribution in [-0.2, 0) is 9.53 Å². The van der Waals surface area contributed by atoms with Crippen LogP contribution >= 0.6 is 11.3 Å². The Kier molecular flexibility index (Phi) is 6.47. The van der Waals surface area contributed by atoms with E-state index in [1.54, 1.807) is 38.1 Å². The third-order valence-corrected chi connectivity index (χ3v) is 6.39. The lowest BCUT2D eigenvalue weighted by molar-refractivity contribution is -0.139. The van der Waals surface area contributed by atoms with Crippen LogP contribution in [0.2, 0.25) is 0 Å². The van der Waals surface area contributed by atoms with Crippen molar-refractivity contribution in [3.63, 3.8) is 0 Å². The molecule has 0 radical (unpaired) electrons. The zero-order valence-electron chi connectivity index (χ0n) is 18.8. The highest BCUT2D eigenvalue weighted by Crippen LogP contribution is 2.35. The number of esters is 1. The summed E-state index contributed by atoms with van der Waals surface area (Å²) in [5.41, 5.74) is 1.89. The van der Waals surface area contributed by atoms with Gasteiger partial charge in [0, 0.05) is 5.56 Å². The lowest BCUT2D eigenvalue weighted by Gasteiger charge is -2.25. The van der Waals surface area contributed by atoms with Crippen LogP contribution < -0.4 is 19.6 Å². The number of nitrogens with zero attached hydrogens (tertiary/aromatic N) is 2. The van der Waals surface area contributed by atoms with Crippen LogP contribution in [0.3, 0.4) is 0 Å². The molecule has 8 nitrogen and oxygen atoms in total. The SMILES string of the molecule is CCOC(=O)C1=C(C)N=c2sc(=Cc3ccc(C(=O)O)cc3)c(=O)n2C1c1ccccc1OC. The summed E-state index contributed by atoms with van der Waals surface area (Å²) in [7, 11) is 1.53. The highest BCUT2D eigenvalue weighted by molar-refractivity contribution is 7.07. The van der Waals surface area contributed by atoms with E-state index < -0.39 is 18.0 Å². The number of allylic oxidation sites excluding steroid dienone is 1. The second kappa shape index (κ2) is 9.48. The average molecular weight is 479 g/mol. The van der Waals surface area contributed by atoms with Gasteiger partial charge >= 0.3 is 11.9 Å². The molecule has 0 amide bonds. The third kappa shape index (κ3) is 4.17. The fraction of sp³-hybridized carbons (Fsp3) is 0.200. The predicted octanol–water partition coefficient (Wildman–Crippen LogP) is 2.51. The van der Waals surface area contributed by atoms with Gasteiger partial charge in [-0.2, -0.15) is 0 Å². The minimum atomic E-state index is -1.02. The van der Waals surface area contributed by atoms with Crippen molar-refractivity contribution >= 4 is 29.4 Å². The number of carbonyl (C=O) groups excluding carboxylic acids is 1. The molecule has 2 aromatic carbocycles. The van der Waals surface area contributed by atoms with Crippen LogP contribution in [0.4, 0.5) is 0 Å². The third-order valence-electron chi connectivity index (χ3n) is 5.41. The molecule has 1 N–H and O–H groups in total. The van der Waals surface area contributed by atoms with Gasteiger partial charge in [-0.15, -0.1) is 0 Å². The Bertz CT molecular complexity index is 1480. The molecule has 0 fully saturated rings. The van der Waals surface area contributed by atoms with Gasteiger partial charge in [0.05, 0.1) is 35.1 Å². The second-order valence-corrected chi connectivity index (χ2v) is 8.48. The second-order valence-electron chi connectivity index (χ2n) is 7.47. The topological polar surface area (TPSA) is 107 Å². The van der Waals surface area contributed by atoms with E-state index in [-0.39, 0.29) is 23.3 Å². The Morgan fingerprint density at radius 2 is 1.88 bits per heavy atom.